The molecule has 1 atom stereocenters. The smallest absolute Gasteiger partial charge is 0.226 e. The van der Waals surface area contributed by atoms with Crippen LogP contribution in [-0.4, -0.2) is 35.5 Å². The first-order valence-electron chi connectivity index (χ1n) is 8.65. The summed E-state index contributed by atoms with van der Waals surface area (Å²) >= 11 is 1.69. The zero-order valence-corrected chi connectivity index (χ0v) is 15.9. The monoisotopic (exact) mass is 379 g/mol. The van der Waals surface area contributed by atoms with Gasteiger partial charge in [-0.25, -0.2) is 0 Å². The SMILES string of the molecule is Cc1ccsc1[C@@H]1CC(=O)Nc2c1c(C)nn2-c1ccc2nnc(C)n2n1. The average molecular weight is 379 g/mol. The molecule has 0 saturated heterocycles. The predicted octanol–water partition coefficient (Wildman–Crippen LogP) is 2.77. The molecule has 5 rings (SSSR count). The van der Waals surface area contributed by atoms with E-state index in [0.29, 0.717) is 29.5 Å². The number of fused-ring (bicyclic) bond motifs is 2. The number of hydrogen-bond donors (Lipinski definition) is 1. The highest BCUT2D eigenvalue weighted by atomic mass is 32.1. The molecule has 0 spiro atoms. The topological polar surface area (TPSA) is 90.0 Å². The molecule has 1 amide bonds. The number of anilines is 1. The fraction of sp³-hybridized carbons (Fsp3) is 0.278. The summed E-state index contributed by atoms with van der Waals surface area (Å²) in [5, 5.41) is 22.5. The van der Waals surface area contributed by atoms with Crippen LogP contribution >= 0.6 is 11.3 Å². The maximum Gasteiger partial charge on any atom is 0.226 e. The molecule has 0 radical (unpaired) electrons. The molecule has 1 aliphatic heterocycles. The summed E-state index contributed by atoms with van der Waals surface area (Å²) in [7, 11) is 0. The first-order chi connectivity index (χ1) is 13.0. The maximum absolute atomic E-state index is 12.5. The summed E-state index contributed by atoms with van der Waals surface area (Å²) in [5.74, 6) is 2.00. The summed E-state index contributed by atoms with van der Waals surface area (Å²) < 4.78 is 3.38. The van der Waals surface area contributed by atoms with E-state index in [1.54, 1.807) is 20.5 Å². The van der Waals surface area contributed by atoms with E-state index in [4.69, 9.17) is 5.10 Å². The Morgan fingerprint density at radius 2 is 2.00 bits per heavy atom. The lowest BCUT2D eigenvalue weighted by atomic mass is 9.89. The van der Waals surface area contributed by atoms with Crippen LogP contribution < -0.4 is 5.32 Å². The largest absolute Gasteiger partial charge is 0.310 e. The Bertz CT molecular complexity index is 1200. The van der Waals surface area contributed by atoms with Gasteiger partial charge in [0, 0.05) is 22.8 Å². The lowest BCUT2D eigenvalue weighted by molar-refractivity contribution is -0.116. The molecule has 8 nitrogen and oxygen atoms in total. The molecule has 0 unspecified atom stereocenters. The highest BCUT2D eigenvalue weighted by molar-refractivity contribution is 7.10. The van der Waals surface area contributed by atoms with E-state index in [9.17, 15) is 4.79 Å². The van der Waals surface area contributed by atoms with E-state index in [1.165, 1.54) is 10.4 Å². The molecule has 136 valence electrons. The van der Waals surface area contributed by atoms with Gasteiger partial charge in [-0.15, -0.1) is 26.6 Å². The second-order valence-corrected chi connectivity index (χ2v) is 7.69. The molecule has 1 aliphatic rings. The molecule has 0 saturated carbocycles. The number of rotatable bonds is 2. The van der Waals surface area contributed by atoms with Crippen LogP contribution in [0.3, 0.4) is 0 Å². The number of thiophene rings is 1. The fourth-order valence-electron chi connectivity index (χ4n) is 3.68. The lowest BCUT2D eigenvalue weighted by Gasteiger charge is -2.23. The average Bonchev–Trinajstić information content (AvgIpc) is 3.32. The molecule has 1 N–H and O–H groups in total. The number of aryl methyl sites for hydroxylation is 3. The van der Waals surface area contributed by atoms with Crippen LogP contribution in [-0.2, 0) is 4.79 Å². The molecule has 4 aromatic heterocycles. The normalized spacial score (nSPS) is 16.6. The quantitative estimate of drug-likeness (QED) is 0.578. The van der Waals surface area contributed by atoms with Gasteiger partial charge in [0.1, 0.15) is 5.82 Å². The van der Waals surface area contributed by atoms with Crippen LogP contribution in [0.5, 0.6) is 0 Å². The van der Waals surface area contributed by atoms with Gasteiger partial charge in [-0.05, 0) is 49.9 Å². The second kappa shape index (κ2) is 5.71. The van der Waals surface area contributed by atoms with Crippen molar-refractivity contribution in [3.05, 3.63) is 51.1 Å². The zero-order valence-electron chi connectivity index (χ0n) is 15.1. The van der Waals surface area contributed by atoms with Gasteiger partial charge in [0.2, 0.25) is 5.91 Å². The Labute approximate surface area is 158 Å². The number of hydrogen-bond acceptors (Lipinski definition) is 6. The Kier molecular flexibility index (Phi) is 3.41. The third-order valence-electron chi connectivity index (χ3n) is 4.94. The molecule has 0 aliphatic carbocycles. The predicted molar refractivity (Wildman–Crippen MR) is 102 cm³/mol. The first-order valence-corrected chi connectivity index (χ1v) is 9.53. The van der Waals surface area contributed by atoms with Crippen LogP contribution in [0.15, 0.2) is 23.6 Å². The van der Waals surface area contributed by atoms with Crippen molar-refractivity contribution in [3.63, 3.8) is 0 Å². The molecule has 27 heavy (non-hydrogen) atoms. The van der Waals surface area contributed by atoms with Gasteiger partial charge >= 0.3 is 0 Å². The molecular weight excluding hydrogens is 362 g/mol. The van der Waals surface area contributed by atoms with Gasteiger partial charge in [-0.3, -0.25) is 4.79 Å². The molecule has 4 aromatic rings. The van der Waals surface area contributed by atoms with E-state index < -0.39 is 0 Å². The number of carbonyl (C=O) groups excluding carboxylic acids is 1. The second-order valence-electron chi connectivity index (χ2n) is 6.74. The summed E-state index contributed by atoms with van der Waals surface area (Å²) in [5.41, 5.74) is 3.83. The van der Waals surface area contributed by atoms with Crippen molar-refractivity contribution < 1.29 is 4.79 Å². The van der Waals surface area contributed by atoms with Gasteiger partial charge in [0.15, 0.2) is 17.3 Å². The summed E-state index contributed by atoms with van der Waals surface area (Å²) in [6.07, 6.45) is 0.428. The zero-order chi connectivity index (χ0) is 18.7. The van der Waals surface area contributed by atoms with Crippen LogP contribution in [0.4, 0.5) is 5.82 Å². The van der Waals surface area contributed by atoms with Crippen molar-refractivity contribution in [3.8, 4) is 5.82 Å². The van der Waals surface area contributed by atoms with Crippen LogP contribution in [0.1, 0.15) is 39.9 Å². The number of aromatic nitrogens is 6. The van der Waals surface area contributed by atoms with Gasteiger partial charge in [-0.2, -0.15) is 14.3 Å². The van der Waals surface area contributed by atoms with Gasteiger partial charge < -0.3 is 5.32 Å². The number of amides is 1. The Morgan fingerprint density at radius 1 is 1.15 bits per heavy atom. The molecule has 0 aromatic carbocycles. The van der Waals surface area contributed by atoms with Crippen molar-refractivity contribution in [2.45, 2.75) is 33.1 Å². The van der Waals surface area contributed by atoms with Gasteiger partial charge in [-0.1, -0.05) is 0 Å². The van der Waals surface area contributed by atoms with Crippen molar-refractivity contribution >= 4 is 28.7 Å². The van der Waals surface area contributed by atoms with Crippen molar-refractivity contribution in [2.24, 2.45) is 0 Å². The molecule has 0 fully saturated rings. The van der Waals surface area contributed by atoms with Crippen molar-refractivity contribution in [1.29, 1.82) is 0 Å². The third-order valence-corrected chi connectivity index (χ3v) is 6.07. The minimum atomic E-state index is -0.0111. The highest BCUT2D eigenvalue weighted by Gasteiger charge is 2.34. The third kappa shape index (κ3) is 2.38. The molecule has 0 bridgehead atoms. The van der Waals surface area contributed by atoms with Crippen LogP contribution in [0.25, 0.3) is 11.5 Å². The minimum absolute atomic E-state index is 0.0111. The first kappa shape index (κ1) is 16.1. The summed E-state index contributed by atoms with van der Waals surface area (Å²) in [6, 6.07) is 5.77. The van der Waals surface area contributed by atoms with E-state index in [1.807, 2.05) is 26.0 Å². The Hall–Kier alpha value is -3.07. The van der Waals surface area contributed by atoms with Gasteiger partial charge in [0.25, 0.3) is 0 Å². The lowest BCUT2D eigenvalue weighted by Crippen LogP contribution is -2.25. The number of nitrogens with zero attached hydrogens (tertiary/aromatic N) is 6. The van der Waals surface area contributed by atoms with E-state index in [-0.39, 0.29) is 11.8 Å². The van der Waals surface area contributed by atoms with Gasteiger partial charge in [0.05, 0.1) is 5.69 Å². The minimum Gasteiger partial charge on any atom is -0.310 e. The Morgan fingerprint density at radius 3 is 2.78 bits per heavy atom. The summed E-state index contributed by atoms with van der Waals surface area (Å²) in [6.45, 7) is 5.91. The van der Waals surface area contributed by atoms with Crippen LogP contribution in [0, 0.1) is 20.8 Å². The fourth-order valence-corrected chi connectivity index (χ4v) is 4.72. The van der Waals surface area contributed by atoms with Crippen LogP contribution in [0.2, 0.25) is 0 Å². The van der Waals surface area contributed by atoms with E-state index >= 15 is 0 Å². The highest BCUT2D eigenvalue weighted by Crippen LogP contribution is 2.42. The van der Waals surface area contributed by atoms with E-state index in [0.717, 1.165) is 11.3 Å². The number of carbonyl (C=O) groups is 1. The summed E-state index contributed by atoms with van der Waals surface area (Å²) in [4.78, 5) is 13.7. The standard InChI is InChI=1S/C18H17N7OS/c1-9-6-7-27-17(9)12-8-15(26)19-18-16(12)10(2)22-25(18)14-5-4-13-21-20-11(3)24(13)23-14/h4-7,12H,8H2,1-3H3,(H,19,26)/t12-/m1/s1. The molecule has 5 heterocycles. The van der Waals surface area contributed by atoms with E-state index in [2.05, 4.69) is 39.0 Å². The number of nitrogens with one attached hydrogen (secondary N) is 1. The molecular formula is C18H17N7OS. The molecule has 9 heteroatoms. The van der Waals surface area contributed by atoms with Crippen molar-refractivity contribution in [2.75, 3.05) is 5.32 Å². The Balaban J connectivity index is 1.71. The van der Waals surface area contributed by atoms with Crippen molar-refractivity contribution in [1.82, 2.24) is 29.6 Å². The maximum atomic E-state index is 12.5.